The molecule has 2 N–H and O–H groups in total. The molecule has 0 spiro atoms. The third kappa shape index (κ3) is 5.36. The highest BCUT2D eigenvalue weighted by molar-refractivity contribution is 5.99. The van der Waals surface area contributed by atoms with Gasteiger partial charge in [-0.05, 0) is 49.7 Å². The van der Waals surface area contributed by atoms with Gasteiger partial charge in [-0.15, -0.1) is 0 Å². The molecule has 2 amide bonds. The number of nitrogens with one attached hydrogen (secondary N) is 2. The number of amides is 2. The van der Waals surface area contributed by atoms with Crippen molar-refractivity contribution < 1.29 is 23.8 Å². The average Bonchev–Trinajstić information content (AvgIpc) is 3.12. The van der Waals surface area contributed by atoms with E-state index < -0.39 is 5.91 Å². The molecule has 9 nitrogen and oxygen atoms in total. The number of hydrogen-bond acceptors (Lipinski definition) is 6. The molecule has 1 aromatic heterocycles. The van der Waals surface area contributed by atoms with Crippen molar-refractivity contribution in [1.29, 1.82) is 0 Å². The number of ether oxygens (including phenoxy) is 3. The lowest BCUT2D eigenvalue weighted by atomic mass is 10.2. The standard InChI is InChI=1S/C23H28N4O5/c1-5-32-19-9-7-16(13-20(19)31-4)22(29)24-14-21(28)26-23-25-17-12-15(2)6-8-18(17)27(23)10-11-30-3/h6-9,12-13H,5,10-11,14H2,1-4H3,(H,24,29)(H,25,26,28). The number of imidazole rings is 1. The van der Waals surface area contributed by atoms with Gasteiger partial charge in [0.1, 0.15) is 0 Å². The Hall–Kier alpha value is -3.59. The lowest BCUT2D eigenvalue weighted by Crippen LogP contribution is -2.33. The van der Waals surface area contributed by atoms with Crippen LogP contribution in [0.1, 0.15) is 22.8 Å². The fourth-order valence-electron chi connectivity index (χ4n) is 3.26. The molecular weight excluding hydrogens is 412 g/mol. The van der Waals surface area contributed by atoms with Crippen LogP contribution in [-0.4, -0.2) is 55.3 Å². The minimum absolute atomic E-state index is 0.207. The van der Waals surface area contributed by atoms with Crippen LogP contribution in [0.4, 0.5) is 5.95 Å². The monoisotopic (exact) mass is 440 g/mol. The van der Waals surface area contributed by atoms with Gasteiger partial charge in [-0.2, -0.15) is 0 Å². The van der Waals surface area contributed by atoms with E-state index >= 15 is 0 Å². The molecule has 0 atom stereocenters. The zero-order chi connectivity index (χ0) is 23.1. The van der Waals surface area contributed by atoms with Crippen LogP contribution >= 0.6 is 0 Å². The van der Waals surface area contributed by atoms with Crippen LogP contribution in [0.3, 0.4) is 0 Å². The SMILES string of the molecule is CCOc1ccc(C(=O)NCC(=O)Nc2nc3cc(C)ccc3n2CCOC)cc1OC. The van der Waals surface area contributed by atoms with Crippen molar-refractivity contribution in [2.45, 2.75) is 20.4 Å². The highest BCUT2D eigenvalue weighted by Crippen LogP contribution is 2.28. The molecule has 0 saturated heterocycles. The van der Waals surface area contributed by atoms with Gasteiger partial charge in [-0.3, -0.25) is 14.9 Å². The third-order valence-corrected chi connectivity index (χ3v) is 4.81. The Morgan fingerprint density at radius 2 is 1.91 bits per heavy atom. The molecule has 0 fully saturated rings. The largest absolute Gasteiger partial charge is 0.493 e. The lowest BCUT2D eigenvalue weighted by molar-refractivity contribution is -0.115. The Morgan fingerprint density at radius 3 is 2.62 bits per heavy atom. The summed E-state index contributed by atoms with van der Waals surface area (Å²) in [6.45, 7) is 5.13. The highest BCUT2D eigenvalue weighted by Gasteiger charge is 2.16. The fraction of sp³-hybridized carbons (Fsp3) is 0.348. The summed E-state index contributed by atoms with van der Waals surface area (Å²) < 4.78 is 17.8. The smallest absolute Gasteiger partial charge is 0.251 e. The van der Waals surface area contributed by atoms with Gasteiger partial charge in [0.2, 0.25) is 11.9 Å². The maximum atomic E-state index is 12.5. The summed E-state index contributed by atoms with van der Waals surface area (Å²) in [4.78, 5) is 29.6. The molecule has 32 heavy (non-hydrogen) atoms. The number of carbonyl (C=O) groups excluding carboxylic acids is 2. The summed E-state index contributed by atoms with van der Waals surface area (Å²) in [6.07, 6.45) is 0. The number of hydrogen-bond donors (Lipinski definition) is 2. The van der Waals surface area contributed by atoms with Crippen LogP contribution in [0.25, 0.3) is 11.0 Å². The maximum Gasteiger partial charge on any atom is 0.251 e. The van der Waals surface area contributed by atoms with Crippen LogP contribution in [0.2, 0.25) is 0 Å². The molecule has 0 aliphatic rings. The van der Waals surface area contributed by atoms with Gasteiger partial charge in [0.05, 0.1) is 37.9 Å². The van der Waals surface area contributed by atoms with Gasteiger partial charge in [-0.25, -0.2) is 4.98 Å². The predicted octanol–water partition coefficient (Wildman–Crippen LogP) is 2.77. The average molecular weight is 441 g/mol. The summed E-state index contributed by atoms with van der Waals surface area (Å²) in [5, 5.41) is 5.40. The van der Waals surface area contributed by atoms with Gasteiger partial charge in [0, 0.05) is 19.2 Å². The molecule has 3 rings (SSSR count). The number of methoxy groups -OCH3 is 2. The highest BCUT2D eigenvalue weighted by atomic mass is 16.5. The van der Waals surface area contributed by atoms with E-state index in [1.807, 2.05) is 36.6 Å². The van der Waals surface area contributed by atoms with Gasteiger partial charge < -0.3 is 24.1 Å². The molecule has 0 radical (unpaired) electrons. The Morgan fingerprint density at radius 1 is 1.09 bits per heavy atom. The minimum Gasteiger partial charge on any atom is -0.493 e. The molecule has 2 aromatic carbocycles. The Balaban J connectivity index is 1.68. The van der Waals surface area contributed by atoms with Crippen molar-refractivity contribution in [3.8, 4) is 11.5 Å². The molecule has 1 heterocycles. The van der Waals surface area contributed by atoms with Crippen molar-refractivity contribution in [2.24, 2.45) is 0 Å². The number of nitrogens with zero attached hydrogens (tertiary/aromatic N) is 2. The zero-order valence-corrected chi connectivity index (χ0v) is 18.7. The van der Waals surface area contributed by atoms with Crippen LogP contribution in [0.15, 0.2) is 36.4 Å². The number of carbonyl (C=O) groups is 2. The number of anilines is 1. The second-order valence-electron chi connectivity index (χ2n) is 7.10. The quantitative estimate of drug-likeness (QED) is 0.502. The van der Waals surface area contributed by atoms with E-state index in [1.54, 1.807) is 25.3 Å². The molecule has 0 aliphatic heterocycles. The summed E-state index contributed by atoms with van der Waals surface area (Å²) in [5.41, 5.74) is 3.11. The summed E-state index contributed by atoms with van der Waals surface area (Å²) in [5.74, 6) is 0.622. The molecule has 0 bridgehead atoms. The van der Waals surface area contributed by atoms with E-state index in [0.29, 0.717) is 42.8 Å². The summed E-state index contributed by atoms with van der Waals surface area (Å²) in [6, 6.07) is 10.8. The number of fused-ring (bicyclic) bond motifs is 1. The van der Waals surface area contributed by atoms with Gasteiger partial charge in [0.25, 0.3) is 5.91 Å². The first-order valence-electron chi connectivity index (χ1n) is 10.3. The molecule has 3 aromatic rings. The van der Waals surface area contributed by atoms with Crippen molar-refractivity contribution >= 4 is 28.8 Å². The minimum atomic E-state index is -0.398. The molecular formula is C23H28N4O5. The fourth-order valence-corrected chi connectivity index (χ4v) is 3.26. The van der Waals surface area contributed by atoms with Crippen molar-refractivity contribution in [1.82, 2.24) is 14.9 Å². The Bertz CT molecular complexity index is 1110. The van der Waals surface area contributed by atoms with E-state index in [-0.39, 0.29) is 12.5 Å². The zero-order valence-electron chi connectivity index (χ0n) is 18.7. The van der Waals surface area contributed by atoms with Crippen molar-refractivity contribution in [3.63, 3.8) is 0 Å². The summed E-state index contributed by atoms with van der Waals surface area (Å²) in [7, 11) is 3.12. The van der Waals surface area contributed by atoms with E-state index in [4.69, 9.17) is 14.2 Å². The molecule has 9 heteroatoms. The first-order valence-corrected chi connectivity index (χ1v) is 10.3. The van der Waals surface area contributed by atoms with E-state index in [0.717, 1.165) is 16.6 Å². The first-order chi connectivity index (χ1) is 15.5. The number of aryl methyl sites for hydroxylation is 1. The first kappa shape index (κ1) is 23.1. The Labute approximate surface area is 186 Å². The van der Waals surface area contributed by atoms with E-state index in [2.05, 4.69) is 15.6 Å². The van der Waals surface area contributed by atoms with Gasteiger partial charge >= 0.3 is 0 Å². The van der Waals surface area contributed by atoms with Crippen molar-refractivity contribution in [2.75, 3.05) is 39.3 Å². The Kier molecular flexibility index (Phi) is 7.67. The van der Waals surface area contributed by atoms with Crippen LogP contribution in [0.5, 0.6) is 11.5 Å². The topological polar surface area (TPSA) is 104 Å². The summed E-state index contributed by atoms with van der Waals surface area (Å²) >= 11 is 0. The second-order valence-corrected chi connectivity index (χ2v) is 7.10. The van der Waals surface area contributed by atoms with E-state index in [9.17, 15) is 9.59 Å². The maximum absolute atomic E-state index is 12.5. The van der Waals surface area contributed by atoms with E-state index in [1.165, 1.54) is 7.11 Å². The van der Waals surface area contributed by atoms with Crippen LogP contribution < -0.4 is 20.1 Å². The molecule has 0 saturated carbocycles. The third-order valence-electron chi connectivity index (χ3n) is 4.81. The predicted molar refractivity (Wildman–Crippen MR) is 121 cm³/mol. The molecule has 170 valence electrons. The van der Waals surface area contributed by atoms with Crippen LogP contribution in [0, 0.1) is 6.92 Å². The second kappa shape index (κ2) is 10.6. The van der Waals surface area contributed by atoms with Crippen LogP contribution in [-0.2, 0) is 16.1 Å². The lowest BCUT2D eigenvalue weighted by Gasteiger charge is -2.12. The number of rotatable bonds is 10. The normalized spacial score (nSPS) is 10.8. The number of benzene rings is 2. The molecule has 0 unspecified atom stereocenters. The van der Waals surface area contributed by atoms with Gasteiger partial charge in [0.15, 0.2) is 11.5 Å². The number of aromatic nitrogens is 2. The van der Waals surface area contributed by atoms with Gasteiger partial charge in [-0.1, -0.05) is 6.07 Å². The van der Waals surface area contributed by atoms with Crippen molar-refractivity contribution in [3.05, 3.63) is 47.5 Å². The molecule has 0 aliphatic carbocycles.